The van der Waals surface area contributed by atoms with Gasteiger partial charge in [0, 0.05) is 16.7 Å². The zero-order valence-electron chi connectivity index (χ0n) is 12.0. The summed E-state index contributed by atoms with van der Waals surface area (Å²) in [4.78, 5) is 12.2. The summed E-state index contributed by atoms with van der Waals surface area (Å²) in [6.07, 6.45) is 0. The van der Waals surface area contributed by atoms with Gasteiger partial charge in [0.15, 0.2) is 0 Å². The highest BCUT2D eigenvalue weighted by Crippen LogP contribution is 2.21. The molecular formula is C15H23BrN2O. The Morgan fingerprint density at radius 1 is 1.26 bits per heavy atom. The molecule has 1 aromatic rings. The minimum atomic E-state index is -0.0783. The Kier molecular flexibility index (Phi) is 5.85. The number of hydrogen-bond acceptors (Lipinski definition) is 2. The SMILES string of the molecule is CC(C)C(CNC(=O)c1cc(N)ccc1Br)C(C)C. The number of carbonyl (C=O) groups excluding carboxylic acids is 1. The van der Waals surface area contributed by atoms with Crippen LogP contribution in [-0.2, 0) is 0 Å². The van der Waals surface area contributed by atoms with E-state index in [2.05, 4.69) is 48.9 Å². The monoisotopic (exact) mass is 326 g/mol. The first kappa shape index (κ1) is 16.0. The fraction of sp³-hybridized carbons (Fsp3) is 0.533. The van der Waals surface area contributed by atoms with Crippen molar-refractivity contribution < 1.29 is 4.79 Å². The maximum Gasteiger partial charge on any atom is 0.252 e. The van der Waals surface area contributed by atoms with Gasteiger partial charge >= 0.3 is 0 Å². The lowest BCUT2D eigenvalue weighted by Gasteiger charge is -2.25. The minimum absolute atomic E-state index is 0.0783. The largest absolute Gasteiger partial charge is 0.399 e. The summed E-state index contributed by atoms with van der Waals surface area (Å²) in [6.45, 7) is 9.44. The molecule has 0 aliphatic rings. The number of anilines is 1. The van der Waals surface area contributed by atoms with Gasteiger partial charge in [-0.2, -0.15) is 0 Å². The molecule has 0 fully saturated rings. The Morgan fingerprint density at radius 2 is 1.84 bits per heavy atom. The highest BCUT2D eigenvalue weighted by Gasteiger charge is 2.19. The first-order valence-corrected chi connectivity index (χ1v) is 7.45. The zero-order chi connectivity index (χ0) is 14.6. The smallest absolute Gasteiger partial charge is 0.252 e. The molecule has 3 N–H and O–H groups in total. The van der Waals surface area contributed by atoms with E-state index in [-0.39, 0.29) is 5.91 Å². The molecule has 0 aliphatic heterocycles. The third kappa shape index (κ3) is 4.53. The fourth-order valence-electron chi connectivity index (χ4n) is 2.26. The number of rotatable bonds is 5. The van der Waals surface area contributed by atoms with Gasteiger partial charge < -0.3 is 11.1 Å². The lowest BCUT2D eigenvalue weighted by atomic mass is 9.85. The summed E-state index contributed by atoms with van der Waals surface area (Å²) in [5.74, 6) is 1.49. The molecule has 0 aliphatic carbocycles. The molecule has 106 valence electrons. The first-order valence-electron chi connectivity index (χ1n) is 6.66. The molecular weight excluding hydrogens is 304 g/mol. The number of nitrogen functional groups attached to an aromatic ring is 1. The number of benzene rings is 1. The number of hydrogen-bond donors (Lipinski definition) is 2. The van der Waals surface area contributed by atoms with Crippen molar-refractivity contribution in [1.29, 1.82) is 0 Å². The second kappa shape index (κ2) is 6.94. The number of amides is 1. The third-order valence-corrected chi connectivity index (χ3v) is 4.14. The van der Waals surface area contributed by atoms with E-state index in [9.17, 15) is 4.79 Å². The molecule has 0 saturated carbocycles. The van der Waals surface area contributed by atoms with Crippen molar-refractivity contribution in [3.8, 4) is 0 Å². The van der Waals surface area contributed by atoms with Crippen LogP contribution in [0.15, 0.2) is 22.7 Å². The van der Waals surface area contributed by atoms with Crippen molar-refractivity contribution >= 4 is 27.5 Å². The van der Waals surface area contributed by atoms with Crippen LogP contribution in [0.1, 0.15) is 38.1 Å². The molecule has 0 saturated heterocycles. The van der Waals surface area contributed by atoms with E-state index in [1.165, 1.54) is 0 Å². The van der Waals surface area contributed by atoms with Crippen molar-refractivity contribution in [3.05, 3.63) is 28.2 Å². The molecule has 0 spiro atoms. The van der Waals surface area contributed by atoms with E-state index in [0.717, 1.165) is 4.47 Å². The number of nitrogens with one attached hydrogen (secondary N) is 1. The van der Waals surface area contributed by atoms with Crippen molar-refractivity contribution in [2.75, 3.05) is 12.3 Å². The van der Waals surface area contributed by atoms with E-state index in [4.69, 9.17) is 5.73 Å². The molecule has 0 unspecified atom stereocenters. The summed E-state index contributed by atoms with van der Waals surface area (Å²) in [7, 11) is 0. The highest BCUT2D eigenvalue weighted by atomic mass is 79.9. The van der Waals surface area contributed by atoms with Crippen LogP contribution in [0, 0.1) is 17.8 Å². The van der Waals surface area contributed by atoms with Crippen LogP contribution in [0.5, 0.6) is 0 Å². The van der Waals surface area contributed by atoms with Crippen LogP contribution in [0.4, 0.5) is 5.69 Å². The predicted molar refractivity (Wildman–Crippen MR) is 84.1 cm³/mol. The maximum atomic E-state index is 12.2. The third-order valence-electron chi connectivity index (χ3n) is 3.45. The summed E-state index contributed by atoms with van der Waals surface area (Å²) < 4.78 is 0.768. The van der Waals surface area contributed by atoms with Crippen molar-refractivity contribution in [2.24, 2.45) is 17.8 Å². The molecule has 0 aromatic heterocycles. The van der Waals surface area contributed by atoms with Gasteiger partial charge in [-0.3, -0.25) is 4.79 Å². The molecule has 1 aromatic carbocycles. The van der Waals surface area contributed by atoms with Crippen molar-refractivity contribution in [2.45, 2.75) is 27.7 Å². The molecule has 0 heterocycles. The van der Waals surface area contributed by atoms with Crippen molar-refractivity contribution in [1.82, 2.24) is 5.32 Å². The zero-order valence-corrected chi connectivity index (χ0v) is 13.6. The number of halogens is 1. The van der Waals surface area contributed by atoms with Crippen molar-refractivity contribution in [3.63, 3.8) is 0 Å². The molecule has 1 amide bonds. The number of nitrogens with two attached hydrogens (primary N) is 1. The Morgan fingerprint density at radius 3 is 2.37 bits per heavy atom. The average Bonchev–Trinajstić information content (AvgIpc) is 2.31. The Bertz CT molecular complexity index is 436. The Balaban J connectivity index is 2.72. The first-order chi connectivity index (χ1) is 8.82. The van der Waals surface area contributed by atoms with Gasteiger partial charge in [0.2, 0.25) is 0 Å². The van der Waals surface area contributed by atoms with Gasteiger partial charge in [0.25, 0.3) is 5.91 Å². The molecule has 0 atom stereocenters. The van der Waals surface area contributed by atoms with E-state index in [0.29, 0.717) is 35.5 Å². The van der Waals surface area contributed by atoms with Gasteiger partial charge in [-0.25, -0.2) is 0 Å². The van der Waals surface area contributed by atoms with Gasteiger partial charge in [-0.1, -0.05) is 27.7 Å². The molecule has 4 heteroatoms. The highest BCUT2D eigenvalue weighted by molar-refractivity contribution is 9.10. The van der Waals surface area contributed by atoms with Gasteiger partial charge in [-0.05, 0) is 51.9 Å². The number of carbonyl (C=O) groups is 1. The summed E-state index contributed by atoms with van der Waals surface area (Å²) in [5, 5.41) is 3.01. The molecule has 0 bridgehead atoms. The lowest BCUT2D eigenvalue weighted by Crippen LogP contribution is -2.34. The standard InChI is InChI=1S/C15H23BrN2O/c1-9(2)13(10(3)4)8-18-15(19)12-7-11(17)5-6-14(12)16/h5-7,9-10,13H,8,17H2,1-4H3,(H,18,19). The Hall–Kier alpha value is -1.03. The lowest BCUT2D eigenvalue weighted by molar-refractivity contribution is 0.0936. The van der Waals surface area contributed by atoms with Crippen LogP contribution in [0.2, 0.25) is 0 Å². The maximum absolute atomic E-state index is 12.2. The van der Waals surface area contributed by atoms with Crippen LogP contribution < -0.4 is 11.1 Å². The van der Waals surface area contributed by atoms with Crippen LogP contribution >= 0.6 is 15.9 Å². The molecule has 1 rings (SSSR count). The van der Waals surface area contributed by atoms with E-state index in [1.807, 2.05) is 0 Å². The second-order valence-corrected chi connectivity index (χ2v) is 6.46. The van der Waals surface area contributed by atoms with Crippen LogP contribution in [0.25, 0.3) is 0 Å². The van der Waals surface area contributed by atoms with Gasteiger partial charge in [0.05, 0.1) is 5.56 Å². The summed E-state index contributed by atoms with van der Waals surface area (Å²) >= 11 is 3.38. The van der Waals surface area contributed by atoms with Crippen LogP contribution in [-0.4, -0.2) is 12.5 Å². The van der Waals surface area contributed by atoms with Gasteiger partial charge in [-0.15, -0.1) is 0 Å². The predicted octanol–water partition coefficient (Wildman–Crippen LogP) is 3.69. The van der Waals surface area contributed by atoms with Gasteiger partial charge in [0.1, 0.15) is 0 Å². The van der Waals surface area contributed by atoms with E-state index >= 15 is 0 Å². The Labute approximate surface area is 124 Å². The summed E-state index contributed by atoms with van der Waals surface area (Å²) in [5.41, 5.74) is 6.90. The van der Waals surface area contributed by atoms with E-state index in [1.54, 1.807) is 18.2 Å². The normalized spacial score (nSPS) is 11.4. The molecule has 0 radical (unpaired) electrons. The van der Waals surface area contributed by atoms with E-state index < -0.39 is 0 Å². The fourth-order valence-corrected chi connectivity index (χ4v) is 2.69. The van der Waals surface area contributed by atoms with Crippen LogP contribution in [0.3, 0.4) is 0 Å². The summed E-state index contributed by atoms with van der Waals surface area (Å²) in [6, 6.07) is 5.26. The minimum Gasteiger partial charge on any atom is -0.399 e. The molecule has 3 nitrogen and oxygen atoms in total. The topological polar surface area (TPSA) is 55.1 Å². The second-order valence-electron chi connectivity index (χ2n) is 5.60. The average molecular weight is 327 g/mol. The quantitative estimate of drug-likeness (QED) is 0.811. The molecule has 19 heavy (non-hydrogen) atoms.